The van der Waals surface area contributed by atoms with Crippen LogP contribution >= 0.6 is 0 Å². The van der Waals surface area contributed by atoms with E-state index in [9.17, 15) is 5.11 Å². The summed E-state index contributed by atoms with van der Waals surface area (Å²) in [5, 5.41) is 12.9. The lowest BCUT2D eigenvalue weighted by Crippen LogP contribution is -2.42. The molecule has 0 bridgehead atoms. The van der Waals surface area contributed by atoms with E-state index in [1.165, 1.54) is 5.56 Å². The summed E-state index contributed by atoms with van der Waals surface area (Å²) in [4.78, 5) is 2.26. The molecule has 1 aromatic carbocycles. The van der Waals surface area contributed by atoms with Crippen LogP contribution in [0.2, 0.25) is 0 Å². The minimum absolute atomic E-state index is 0.114. The number of nitrogens with one attached hydrogen (secondary N) is 1. The molecule has 2 N–H and O–H groups in total. The van der Waals surface area contributed by atoms with Crippen molar-refractivity contribution in [3.8, 4) is 5.75 Å². The molecule has 1 aliphatic heterocycles. The van der Waals surface area contributed by atoms with Gasteiger partial charge in [-0.3, -0.25) is 0 Å². The number of hydrogen-bond donors (Lipinski definition) is 2. The third-order valence-electron chi connectivity index (χ3n) is 3.43. The van der Waals surface area contributed by atoms with Crippen LogP contribution in [0.25, 0.3) is 0 Å². The SMILES string of the molecule is COc1ccc(C)cc1N1CCCNCC1CO. The number of ether oxygens (including phenoxy) is 1. The van der Waals surface area contributed by atoms with Gasteiger partial charge in [-0.05, 0) is 37.6 Å². The number of methoxy groups -OCH3 is 1. The minimum atomic E-state index is 0.114. The van der Waals surface area contributed by atoms with Crippen LogP contribution in [0.1, 0.15) is 12.0 Å². The van der Waals surface area contributed by atoms with Crippen LogP contribution < -0.4 is 15.0 Å². The molecule has 4 heteroatoms. The molecule has 1 unspecified atom stereocenters. The molecule has 0 saturated carbocycles. The molecule has 1 saturated heterocycles. The maximum Gasteiger partial charge on any atom is 0.142 e. The van der Waals surface area contributed by atoms with Gasteiger partial charge >= 0.3 is 0 Å². The largest absolute Gasteiger partial charge is 0.495 e. The highest BCUT2D eigenvalue weighted by Crippen LogP contribution is 2.31. The van der Waals surface area contributed by atoms with Gasteiger partial charge in [-0.15, -0.1) is 0 Å². The number of aliphatic hydroxyl groups is 1. The fraction of sp³-hybridized carbons (Fsp3) is 0.571. The lowest BCUT2D eigenvalue weighted by molar-refractivity contribution is 0.259. The molecule has 1 heterocycles. The van der Waals surface area contributed by atoms with E-state index in [2.05, 4.69) is 23.2 Å². The second kappa shape index (κ2) is 6.07. The fourth-order valence-corrected chi connectivity index (χ4v) is 2.44. The van der Waals surface area contributed by atoms with Gasteiger partial charge in [0.2, 0.25) is 0 Å². The number of aliphatic hydroxyl groups excluding tert-OH is 1. The number of nitrogens with zero attached hydrogens (tertiary/aromatic N) is 1. The summed E-state index contributed by atoms with van der Waals surface area (Å²) < 4.78 is 5.44. The first-order valence-electron chi connectivity index (χ1n) is 6.49. The normalized spacial score (nSPS) is 20.6. The predicted molar refractivity (Wildman–Crippen MR) is 73.4 cm³/mol. The Morgan fingerprint density at radius 3 is 3.06 bits per heavy atom. The summed E-state index contributed by atoms with van der Waals surface area (Å²) >= 11 is 0. The number of hydrogen-bond acceptors (Lipinski definition) is 4. The minimum Gasteiger partial charge on any atom is -0.495 e. The first kappa shape index (κ1) is 13.2. The smallest absolute Gasteiger partial charge is 0.142 e. The first-order chi connectivity index (χ1) is 8.76. The zero-order valence-corrected chi connectivity index (χ0v) is 11.1. The average Bonchev–Trinajstić information content (AvgIpc) is 2.63. The molecule has 1 atom stereocenters. The van der Waals surface area contributed by atoms with Gasteiger partial charge < -0.3 is 20.1 Å². The Labute approximate surface area is 109 Å². The first-order valence-corrected chi connectivity index (χ1v) is 6.49. The van der Waals surface area contributed by atoms with E-state index in [1.54, 1.807) is 7.11 Å². The highest BCUT2D eigenvalue weighted by Gasteiger charge is 2.22. The van der Waals surface area contributed by atoms with Gasteiger partial charge in [0.15, 0.2) is 0 Å². The van der Waals surface area contributed by atoms with Crippen LogP contribution in [-0.4, -0.2) is 44.5 Å². The van der Waals surface area contributed by atoms with Crippen LogP contribution in [-0.2, 0) is 0 Å². The van der Waals surface area contributed by atoms with Crippen LogP contribution in [0.4, 0.5) is 5.69 Å². The van der Waals surface area contributed by atoms with E-state index in [0.29, 0.717) is 0 Å². The van der Waals surface area contributed by atoms with Gasteiger partial charge in [0, 0.05) is 13.1 Å². The Morgan fingerprint density at radius 2 is 2.33 bits per heavy atom. The van der Waals surface area contributed by atoms with Gasteiger partial charge in [0.05, 0.1) is 25.4 Å². The quantitative estimate of drug-likeness (QED) is 0.845. The lowest BCUT2D eigenvalue weighted by Gasteiger charge is -2.31. The molecule has 0 aromatic heterocycles. The predicted octanol–water partition coefficient (Wildman–Crippen LogP) is 1.16. The molecule has 0 spiro atoms. The third kappa shape index (κ3) is 2.76. The molecule has 4 nitrogen and oxygen atoms in total. The molecule has 18 heavy (non-hydrogen) atoms. The van der Waals surface area contributed by atoms with Crippen LogP contribution in [0.15, 0.2) is 18.2 Å². The van der Waals surface area contributed by atoms with Crippen molar-refractivity contribution in [1.29, 1.82) is 0 Å². The molecule has 1 fully saturated rings. The molecule has 2 rings (SSSR count). The molecule has 1 aromatic rings. The van der Waals surface area contributed by atoms with Crippen molar-refractivity contribution in [2.24, 2.45) is 0 Å². The summed E-state index contributed by atoms with van der Waals surface area (Å²) in [5.41, 5.74) is 2.29. The van der Waals surface area contributed by atoms with Crippen molar-refractivity contribution in [3.63, 3.8) is 0 Å². The Kier molecular flexibility index (Phi) is 4.44. The second-order valence-electron chi connectivity index (χ2n) is 4.76. The van der Waals surface area contributed by atoms with E-state index in [1.807, 2.05) is 12.1 Å². The van der Waals surface area contributed by atoms with Crippen molar-refractivity contribution in [1.82, 2.24) is 5.32 Å². The maximum atomic E-state index is 9.56. The molecule has 0 aliphatic carbocycles. The number of rotatable bonds is 3. The molecular formula is C14H22N2O2. The molecule has 100 valence electrons. The Balaban J connectivity index is 2.34. The van der Waals surface area contributed by atoms with Gasteiger partial charge in [0.1, 0.15) is 5.75 Å². The van der Waals surface area contributed by atoms with Crippen molar-refractivity contribution in [2.45, 2.75) is 19.4 Å². The van der Waals surface area contributed by atoms with E-state index >= 15 is 0 Å². The topological polar surface area (TPSA) is 44.7 Å². The molecular weight excluding hydrogens is 228 g/mol. The lowest BCUT2D eigenvalue weighted by atomic mass is 10.1. The van der Waals surface area contributed by atoms with Gasteiger partial charge in [-0.1, -0.05) is 6.07 Å². The summed E-state index contributed by atoms with van der Waals surface area (Å²) in [6.45, 7) is 4.99. The van der Waals surface area contributed by atoms with Crippen molar-refractivity contribution >= 4 is 5.69 Å². The number of anilines is 1. The second-order valence-corrected chi connectivity index (χ2v) is 4.76. The van der Waals surface area contributed by atoms with Gasteiger partial charge in [-0.25, -0.2) is 0 Å². The van der Waals surface area contributed by atoms with Crippen LogP contribution in [0.5, 0.6) is 5.75 Å². The van der Waals surface area contributed by atoms with Crippen LogP contribution in [0.3, 0.4) is 0 Å². The number of aryl methyl sites for hydroxylation is 1. The molecule has 0 radical (unpaired) electrons. The third-order valence-corrected chi connectivity index (χ3v) is 3.43. The molecule has 0 amide bonds. The highest BCUT2D eigenvalue weighted by molar-refractivity contribution is 5.61. The summed E-state index contributed by atoms with van der Waals surface area (Å²) in [6.07, 6.45) is 1.08. The summed E-state index contributed by atoms with van der Waals surface area (Å²) in [6, 6.07) is 6.29. The molecule has 1 aliphatic rings. The Bertz CT molecular complexity index is 395. The summed E-state index contributed by atoms with van der Waals surface area (Å²) in [5.74, 6) is 0.876. The van der Waals surface area contributed by atoms with Crippen LogP contribution in [0, 0.1) is 6.92 Å². The Hall–Kier alpha value is -1.26. The average molecular weight is 250 g/mol. The van der Waals surface area contributed by atoms with Crippen molar-refractivity contribution < 1.29 is 9.84 Å². The fourth-order valence-electron chi connectivity index (χ4n) is 2.44. The van der Waals surface area contributed by atoms with Gasteiger partial charge in [-0.2, -0.15) is 0 Å². The van der Waals surface area contributed by atoms with Gasteiger partial charge in [0.25, 0.3) is 0 Å². The zero-order chi connectivity index (χ0) is 13.0. The Morgan fingerprint density at radius 1 is 1.50 bits per heavy atom. The standard InChI is InChI=1S/C14H22N2O2/c1-11-4-5-14(18-2)13(8-11)16-7-3-6-15-9-12(16)10-17/h4-5,8,12,15,17H,3,6-7,9-10H2,1-2H3. The van der Waals surface area contributed by atoms with Crippen molar-refractivity contribution in [3.05, 3.63) is 23.8 Å². The van der Waals surface area contributed by atoms with E-state index < -0.39 is 0 Å². The zero-order valence-electron chi connectivity index (χ0n) is 11.1. The highest BCUT2D eigenvalue weighted by atomic mass is 16.5. The van der Waals surface area contributed by atoms with E-state index in [4.69, 9.17) is 4.74 Å². The summed E-state index contributed by atoms with van der Waals surface area (Å²) in [7, 11) is 1.69. The van der Waals surface area contributed by atoms with E-state index in [-0.39, 0.29) is 12.6 Å². The van der Waals surface area contributed by atoms with Crippen molar-refractivity contribution in [2.75, 3.05) is 38.3 Å². The maximum absolute atomic E-state index is 9.56. The van der Waals surface area contributed by atoms with E-state index in [0.717, 1.165) is 37.5 Å². The number of benzene rings is 1. The monoisotopic (exact) mass is 250 g/mol.